The van der Waals surface area contributed by atoms with Gasteiger partial charge in [0.15, 0.2) is 0 Å². The quantitative estimate of drug-likeness (QED) is 0.839. The van der Waals surface area contributed by atoms with E-state index in [1.165, 1.54) is 0 Å². The van der Waals surface area contributed by atoms with E-state index in [0.29, 0.717) is 25.3 Å². The van der Waals surface area contributed by atoms with Crippen LogP contribution in [0.25, 0.3) is 0 Å². The summed E-state index contributed by atoms with van der Waals surface area (Å²) in [7, 11) is 1.81. The monoisotopic (exact) mass is 287 g/mol. The lowest BCUT2D eigenvalue weighted by atomic mass is 10.1. The minimum absolute atomic E-state index is 0.0229. The van der Waals surface area contributed by atoms with Crippen LogP contribution in [0.15, 0.2) is 24.3 Å². The largest absolute Gasteiger partial charge is 0.370 e. The number of nitrogens with zero attached hydrogens (tertiary/aromatic N) is 3. The number of carbonyl (C=O) groups excluding carboxylic acids is 1. The van der Waals surface area contributed by atoms with Crippen molar-refractivity contribution in [3.63, 3.8) is 0 Å². The maximum atomic E-state index is 12.4. The van der Waals surface area contributed by atoms with Gasteiger partial charge in [0, 0.05) is 19.6 Å². The topological polar surface area (TPSA) is 56.6 Å². The molecule has 21 heavy (non-hydrogen) atoms. The summed E-state index contributed by atoms with van der Waals surface area (Å²) in [5.41, 5.74) is 1.55. The number of amides is 2. The van der Waals surface area contributed by atoms with Gasteiger partial charge in [-0.05, 0) is 31.5 Å². The first-order valence-corrected chi connectivity index (χ1v) is 7.16. The third-order valence-corrected chi connectivity index (χ3v) is 3.80. The number of rotatable bonds is 2. The number of morpholine rings is 1. The Balaban J connectivity index is 2.10. The van der Waals surface area contributed by atoms with Crippen molar-refractivity contribution >= 4 is 6.03 Å². The van der Waals surface area contributed by atoms with Gasteiger partial charge in [-0.1, -0.05) is 12.1 Å². The maximum absolute atomic E-state index is 12.4. The minimum atomic E-state index is -0.170. The molecule has 0 N–H and O–H groups in total. The molecule has 2 amide bonds. The van der Waals surface area contributed by atoms with Crippen molar-refractivity contribution < 1.29 is 9.53 Å². The van der Waals surface area contributed by atoms with E-state index in [0.717, 1.165) is 5.56 Å². The summed E-state index contributed by atoms with van der Waals surface area (Å²) in [5.74, 6) is 0. The second-order valence-electron chi connectivity index (χ2n) is 5.53. The molecule has 0 aromatic heterocycles. The van der Waals surface area contributed by atoms with Gasteiger partial charge in [-0.2, -0.15) is 5.26 Å². The lowest BCUT2D eigenvalue weighted by Crippen LogP contribution is -2.49. The van der Waals surface area contributed by atoms with E-state index in [-0.39, 0.29) is 18.2 Å². The average molecular weight is 287 g/mol. The number of hydrogen-bond acceptors (Lipinski definition) is 3. The van der Waals surface area contributed by atoms with Crippen molar-refractivity contribution in [1.82, 2.24) is 9.80 Å². The molecule has 1 heterocycles. The van der Waals surface area contributed by atoms with Gasteiger partial charge in [0.05, 0.1) is 24.8 Å². The predicted octanol–water partition coefficient (Wildman–Crippen LogP) is 2.39. The summed E-state index contributed by atoms with van der Waals surface area (Å²) in [6.07, 6.45) is -0.170. The van der Waals surface area contributed by atoms with Gasteiger partial charge in [-0.3, -0.25) is 0 Å². The Bertz CT molecular complexity index is 551. The molecule has 0 radical (unpaired) electrons. The molecule has 1 unspecified atom stereocenters. The highest BCUT2D eigenvalue weighted by Crippen LogP contribution is 2.23. The molecular formula is C16H21N3O2. The molecule has 1 aromatic carbocycles. The second kappa shape index (κ2) is 6.59. The van der Waals surface area contributed by atoms with Crippen molar-refractivity contribution in [1.29, 1.82) is 5.26 Å². The molecule has 1 aromatic rings. The van der Waals surface area contributed by atoms with Crippen LogP contribution in [0.2, 0.25) is 0 Å². The molecule has 0 aliphatic carbocycles. The van der Waals surface area contributed by atoms with E-state index in [9.17, 15) is 4.79 Å². The summed E-state index contributed by atoms with van der Waals surface area (Å²) >= 11 is 0. The fraction of sp³-hybridized carbons (Fsp3) is 0.500. The van der Waals surface area contributed by atoms with Crippen molar-refractivity contribution in [2.24, 2.45) is 0 Å². The Morgan fingerprint density at radius 2 is 2.29 bits per heavy atom. The first kappa shape index (κ1) is 15.3. The van der Waals surface area contributed by atoms with Gasteiger partial charge >= 0.3 is 6.03 Å². The van der Waals surface area contributed by atoms with Gasteiger partial charge in [-0.15, -0.1) is 0 Å². The van der Waals surface area contributed by atoms with Gasteiger partial charge in [-0.25, -0.2) is 4.79 Å². The van der Waals surface area contributed by atoms with Crippen LogP contribution in [0.4, 0.5) is 4.79 Å². The summed E-state index contributed by atoms with van der Waals surface area (Å²) in [6.45, 7) is 5.62. The van der Waals surface area contributed by atoms with Crippen molar-refractivity contribution in [3.05, 3.63) is 35.4 Å². The van der Waals surface area contributed by atoms with Crippen LogP contribution in [-0.4, -0.2) is 48.6 Å². The summed E-state index contributed by atoms with van der Waals surface area (Å²) in [4.78, 5) is 15.9. The van der Waals surface area contributed by atoms with Gasteiger partial charge in [0.2, 0.25) is 0 Å². The standard InChI is InChI=1S/C16H21N3O2/c1-12(2)18(3)16(20)19-7-8-21-15(11-19)14-6-4-5-13(9-14)10-17/h4-6,9,12,15H,7-8,11H2,1-3H3. The molecule has 2 rings (SSSR count). The van der Waals surface area contributed by atoms with Crippen LogP contribution < -0.4 is 0 Å². The molecule has 0 spiro atoms. The highest BCUT2D eigenvalue weighted by molar-refractivity contribution is 5.74. The molecule has 5 heteroatoms. The Morgan fingerprint density at radius 3 is 2.95 bits per heavy atom. The van der Waals surface area contributed by atoms with E-state index in [1.54, 1.807) is 11.0 Å². The predicted molar refractivity (Wildman–Crippen MR) is 79.7 cm³/mol. The molecule has 0 bridgehead atoms. The van der Waals surface area contributed by atoms with Crippen molar-refractivity contribution in [3.8, 4) is 6.07 Å². The van der Waals surface area contributed by atoms with E-state index >= 15 is 0 Å². The summed E-state index contributed by atoms with van der Waals surface area (Å²) in [6, 6.07) is 9.69. The summed E-state index contributed by atoms with van der Waals surface area (Å²) in [5, 5.41) is 8.97. The van der Waals surface area contributed by atoms with Gasteiger partial charge < -0.3 is 14.5 Å². The number of carbonyl (C=O) groups is 1. The normalized spacial score (nSPS) is 18.4. The number of benzene rings is 1. The van der Waals surface area contributed by atoms with E-state index in [2.05, 4.69) is 6.07 Å². The smallest absolute Gasteiger partial charge is 0.320 e. The molecule has 1 atom stereocenters. The lowest BCUT2D eigenvalue weighted by Gasteiger charge is -2.36. The van der Waals surface area contributed by atoms with Crippen LogP contribution >= 0.6 is 0 Å². The third-order valence-electron chi connectivity index (χ3n) is 3.80. The third kappa shape index (κ3) is 3.53. The molecule has 0 saturated carbocycles. The highest BCUT2D eigenvalue weighted by Gasteiger charge is 2.28. The average Bonchev–Trinajstić information content (AvgIpc) is 2.53. The first-order valence-electron chi connectivity index (χ1n) is 7.16. The second-order valence-corrected chi connectivity index (χ2v) is 5.53. The van der Waals surface area contributed by atoms with Gasteiger partial charge in [0.25, 0.3) is 0 Å². The first-order chi connectivity index (χ1) is 10.0. The van der Waals surface area contributed by atoms with Crippen molar-refractivity contribution in [2.75, 3.05) is 26.7 Å². The molecular weight excluding hydrogens is 266 g/mol. The van der Waals surface area contributed by atoms with Crippen LogP contribution in [0.3, 0.4) is 0 Å². The zero-order chi connectivity index (χ0) is 15.4. The molecule has 1 aliphatic rings. The molecule has 112 valence electrons. The Morgan fingerprint density at radius 1 is 1.52 bits per heavy atom. The Kier molecular flexibility index (Phi) is 4.81. The lowest BCUT2D eigenvalue weighted by molar-refractivity contribution is -0.0206. The van der Waals surface area contributed by atoms with E-state index in [4.69, 9.17) is 10.00 Å². The molecule has 1 saturated heterocycles. The minimum Gasteiger partial charge on any atom is -0.370 e. The van der Waals surface area contributed by atoms with Crippen molar-refractivity contribution in [2.45, 2.75) is 26.0 Å². The Labute approximate surface area is 125 Å². The number of nitriles is 1. The van der Waals surface area contributed by atoms with Crippen LogP contribution in [-0.2, 0) is 4.74 Å². The fourth-order valence-electron chi connectivity index (χ4n) is 2.28. The van der Waals surface area contributed by atoms with Gasteiger partial charge in [0.1, 0.15) is 6.10 Å². The molecule has 5 nitrogen and oxygen atoms in total. The number of ether oxygens (including phenoxy) is 1. The summed E-state index contributed by atoms with van der Waals surface area (Å²) < 4.78 is 5.76. The zero-order valence-corrected chi connectivity index (χ0v) is 12.7. The Hall–Kier alpha value is -2.06. The SMILES string of the molecule is CC(C)N(C)C(=O)N1CCOC(c2cccc(C#N)c2)C1. The highest BCUT2D eigenvalue weighted by atomic mass is 16.5. The van der Waals surface area contributed by atoms with Crippen LogP contribution in [0.5, 0.6) is 0 Å². The maximum Gasteiger partial charge on any atom is 0.320 e. The van der Waals surface area contributed by atoms with E-state index < -0.39 is 0 Å². The number of urea groups is 1. The fourth-order valence-corrected chi connectivity index (χ4v) is 2.28. The zero-order valence-electron chi connectivity index (χ0n) is 12.7. The molecule has 1 aliphatic heterocycles. The van der Waals surface area contributed by atoms with Crippen LogP contribution in [0.1, 0.15) is 31.1 Å². The molecule has 1 fully saturated rings. The van der Waals surface area contributed by atoms with E-state index in [1.807, 2.05) is 44.0 Å². The number of hydrogen-bond donors (Lipinski definition) is 0. The van der Waals surface area contributed by atoms with Crippen LogP contribution in [0, 0.1) is 11.3 Å².